The van der Waals surface area contributed by atoms with Gasteiger partial charge in [-0.25, -0.2) is 0 Å². The first-order chi connectivity index (χ1) is 12.0. The average Bonchev–Trinajstić information content (AvgIpc) is 2.60. The zero-order valence-corrected chi connectivity index (χ0v) is 15.2. The number of thioether (sulfide) groups is 1. The minimum absolute atomic E-state index is 0.0281. The third kappa shape index (κ3) is 4.54. The standard InChI is InChI=1S/C18H24N2O4S/c1-19(12-16(21)22)10-14-11-20(7-8-24-14)18(23)17-15-5-3-2-4-13(15)6-9-25-17/h2-5,14,17H,6-12H2,1H3,(H,21,22). The summed E-state index contributed by atoms with van der Waals surface area (Å²) in [5.74, 6) is 0.246. The first-order valence-electron chi connectivity index (χ1n) is 8.54. The molecule has 2 atom stereocenters. The lowest BCUT2D eigenvalue weighted by Gasteiger charge is -2.37. The molecule has 2 aliphatic rings. The largest absolute Gasteiger partial charge is 0.480 e. The van der Waals surface area contributed by atoms with E-state index < -0.39 is 5.97 Å². The Labute approximate surface area is 152 Å². The van der Waals surface area contributed by atoms with E-state index in [4.69, 9.17) is 9.84 Å². The molecule has 2 heterocycles. The van der Waals surface area contributed by atoms with Crippen molar-refractivity contribution in [2.24, 2.45) is 0 Å². The van der Waals surface area contributed by atoms with Gasteiger partial charge in [0.05, 0.1) is 19.3 Å². The van der Waals surface area contributed by atoms with E-state index in [-0.39, 0.29) is 23.8 Å². The summed E-state index contributed by atoms with van der Waals surface area (Å²) >= 11 is 1.71. The van der Waals surface area contributed by atoms with Crippen molar-refractivity contribution in [2.75, 3.05) is 45.6 Å². The molecule has 1 saturated heterocycles. The molecular weight excluding hydrogens is 340 g/mol. The van der Waals surface area contributed by atoms with Crippen LogP contribution in [0, 0.1) is 0 Å². The fourth-order valence-electron chi connectivity index (χ4n) is 3.44. The molecule has 0 bridgehead atoms. The van der Waals surface area contributed by atoms with Crippen molar-refractivity contribution < 1.29 is 19.4 Å². The van der Waals surface area contributed by atoms with E-state index in [0.717, 1.165) is 17.7 Å². The van der Waals surface area contributed by atoms with E-state index in [1.807, 2.05) is 17.0 Å². The highest BCUT2D eigenvalue weighted by Crippen LogP contribution is 2.38. The van der Waals surface area contributed by atoms with E-state index >= 15 is 0 Å². The lowest BCUT2D eigenvalue weighted by molar-refractivity contribution is -0.142. The Kier molecular flexibility index (Phi) is 5.98. The highest BCUT2D eigenvalue weighted by molar-refractivity contribution is 8.00. The number of carbonyl (C=O) groups excluding carboxylic acids is 1. The van der Waals surface area contributed by atoms with E-state index in [2.05, 4.69) is 12.1 Å². The second-order valence-electron chi connectivity index (χ2n) is 6.57. The Hall–Kier alpha value is -1.57. The van der Waals surface area contributed by atoms with Crippen molar-refractivity contribution in [1.29, 1.82) is 0 Å². The molecule has 1 fully saturated rings. The number of carboxylic acids is 1. The molecule has 6 nitrogen and oxygen atoms in total. The van der Waals surface area contributed by atoms with Gasteiger partial charge in [0.2, 0.25) is 5.91 Å². The van der Waals surface area contributed by atoms with Crippen molar-refractivity contribution in [3.05, 3.63) is 35.4 Å². The number of carbonyl (C=O) groups is 2. The molecule has 0 saturated carbocycles. The van der Waals surface area contributed by atoms with Gasteiger partial charge < -0.3 is 14.7 Å². The summed E-state index contributed by atoms with van der Waals surface area (Å²) < 4.78 is 5.73. The molecule has 0 aliphatic carbocycles. The number of amides is 1. The van der Waals surface area contributed by atoms with Gasteiger partial charge in [-0.05, 0) is 30.3 Å². The maximum absolute atomic E-state index is 13.1. The van der Waals surface area contributed by atoms with Crippen LogP contribution in [-0.2, 0) is 20.7 Å². The first-order valence-corrected chi connectivity index (χ1v) is 9.59. The van der Waals surface area contributed by atoms with Crippen molar-refractivity contribution in [2.45, 2.75) is 17.8 Å². The summed E-state index contributed by atoms with van der Waals surface area (Å²) in [6.45, 7) is 2.08. The molecule has 136 valence electrons. The molecule has 1 amide bonds. The smallest absolute Gasteiger partial charge is 0.317 e. The summed E-state index contributed by atoms with van der Waals surface area (Å²) in [4.78, 5) is 27.5. The van der Waals surface area contributed by atoms with Crippen LogP contribution in [0.3, 0.4) is 0 Å². The number of aliphatic carboxylic acids is 1. The van der Waals surface area contributed by atoms with Gasteiger partial charge in [-0.3, -0.25) is 14.5 Å². The fraction of sp³-hybridized carbons (Fsp3) is 0.556. The minimum Gasteiger partial charge on any atom is -0.480 e. The van der Waals surface area contributed by atoms with Crippen LogP contribution in [0.4, 0.5) is 0 Å². The van der Waals surface area contributed by atoms with E-state index in [9.17, 15) is 9.59 Å². The highest BCUT2D eigenvalue weighted by atomic mass is 32.2. The number of fused-ring (bicyclic) bond motifs is 1. The summed E-state index contributed by atoms with van der Waals surface area (Å²) in [6, 6.07) is 8.19. The van der Waals surface area contributed by atoms with Crippen LogP contribution in [0.5, 0.6) is 0 Å². The maximum atomic E-state index is 13.1. The first kappa shape index (κ1) is 18.2. The van der Waals surface area contributed by atoms with Gasteiger partial charge in [0, 0.05) is 19.6 Å². The SMILES string of the molecule is CN(CC(=O)O)CC1CN(C(=O)C2SCCc3ccccc32)CCO1. The summed E-state index contributed by atoms with van der Waals surface area (Å²) in [5, 5.41) is 8.73. The summed E-state index contributed by atoms with van der Waals surface area (Å²) in [5.41, 5.74) is 2.40. The van der Waals surface area contributed by atoms with Crippen LogP contribution in [0.2, 0.25) is 0 Å². The van der Waals surface area contributed by atoms with Gasteiger partial charge in [0.25, 0.3) is 0 Å². The molecule has 3 rings (SSSR count). The second-order valence-corrected chi connectivity index (χ2v) is 7.78. The minimum atomic E-state index is -0.860. The molecule has 0 radical (unpaired) electrons. The second kappa shape index (κ2) is 8.21. The Bertz CT molecular complexity index is 639. The van der Waals surface area contributed by atoms with Gasteiger partial charge in [-0.1, -0.05) is 24.3 Å². The molecule has 1 N–H and O–H groups in total. The molecule has 2 unspecified atom stereocenters. The highest BCUT2D eigenvalue weighted by Gasteiger charge is 2.33. The van der Waals surface area contributed by atoms with Gasteiger partial charge in [0.1, 0.15) is 5.25 Å². The van der Waals surface area contributed by atoms with Crippen LogP contribution < -0.4 is 0 Å². The molecule has 0 spiro atoms. The number of likely N-dealkylation sites (N-methyl/N-ethyl adjacent to an activating group) is 1. The van der Waals surface area contributed by atoms with Gasteiger partial charge >= 0.3 is 5.97 Å². The zero-order valence-electron chi connectivity index (χ0n) is 14.4. The third-order valence-corrected chi connectivity index (χ3v) is 5.82. The fourth-order valence-corrected chi connectivity index (χ4v) is 4.71. The van der Waals surface area contributed by atoms with Crippen LogP contribution in [0.25, 0.3) is 0 Å². The maximum Gasteiger partial charge on any atom is 0.317 e. The number of hydrogen-bond acceptors (Lipinski definition) is 5. The van der Waals surface area contributed by atoms with Crippen LogP contribution >= 0.6 is 11.8 Å². The Morgan fingerprint density at radius 1 is 1.40 bits per heavy atom. The summed E-state index contributed by atoms with van der Waals surface area (Å²) in [7, 11) is 1.76. The number of nitrogens with zero attached hydrogens (tertiary/aromatic N) is 2. The molecular formula is C18H24N2O4S. The Morgan fingerprint density at radius 2 is 2.20 bits per heavy atom. The predicted octanol–water partition coefficient (Wildman–Crippen LogP) is 1.26. The Morgan fingerprint density at radius 3 is 3.00 bits per heavy atom. The summed E-state index contributed by atoms with van der Waals surface area (Å²) in [6.07, 6.45) is 0.863. The number of rotatable bonds is 5. The number of aryl methyl sites for hydroxylation is 1. The van der Waals surface area contributed by atoms with Crippen LogP contribution in [-0.4, -0.2) is 78.5 Å². The van der Waals surface area contributed by atoms with Gasteiger partial charge in [-0.2, -0.15) is 0 Å². The quantitative estimate of drug-likeness (QED) is 0.848. The third-order valence-electron chi connectivity index (χ3n) is 4.59. The van der Waals surface area contributed by atoms with Crippen molar-refractivity contribution >= 4 is 23.6 Å². The van der Waals surface area contributed by atoms with E-state index in [1.165, 1.54) is 5.56 Å². The zero-order chi connectivity index (χ0) is 17.8. The molecule has 1 aromatic carbocycles. The number of morpholine rings is 1. The molecule has 1 aromatic rings. The molecule has 25 heavy (non-hydrogen) atoms. The lowest BCUT2D eigenvalue weighted by Crippen LogP contribution is -2.50. The average molecular weight is 364 g/mol. The van der Waals surface area contributed by atoms with Gasteiger partial charge in [0.15, 0.2) is 0 Å². The number of carboxylic acid groups (broad SMARTS) is 1. The van der Waals surface area contributed by atoms with Crippen molar-refractivity contribution in [3.63, 3.8) is 0 Å². The van der Waals surface area contributed by atoms with Crippen molar-refractivity contribution in [1.82, 2.24) is 9.80 Å². The number of benzene rings is 1. The number of hydrogen-bond donors (Lipinski definition) is 1. The van der Waals surface area contributed by atoms with Crippen molar-refractivity contribution in [3.8, 4) is 0 Å². The monoisotopic (exact) mass is 364 g/mol. The number of ether oxygens (including phenoxy) is 1. The topological polar surface area (TPSA) is 70.1 Å². The van der Waals surface area contributed by atoms with E-state index in [0.29, 0.717) is 26.2 Å². The predicted molar refractivity (Wildman–Crippen MR) is 96.8 cm³/mol. The Balaban J connectivity index is 1.64. The molecule has 7 heteroatoms. The van der Waals surface area contributed by atoms with E-state index in [1.54, 1.807) is 23.7 Å². The molecule has 2 aliphatic heterocycles. The lowest BCUT2D eigenvalue weighted by atomic mass is 10.0. The van der Waals surface area contributed by atoms with Crippen LogP contribution in [0.1, 0.15) is 16.4 Å². The van der Waals surface area contributed by atoms with Gasteiger partial charge in [-0.15, -0.1) is 11.8 Å². The van der Waals surface area contributed by atoms with Crippen LogP contribution in [0.15, 0.2) is 24.3 Å². The normalized spacial score (nSPS) is 23.4. The molecule has 0 aromatic heterocycles.